The van der Waals surface area contributed by atoms with Gasteiger partial charge in [0, 0.05) is 6.42 Å². The third-order valence-electron chi connectivity index (χ3n) is 8.44. The summed E-state index contributed by atoms with van der Waals surface area (Å²) in [5.74, 6) is 2.11. The molecule has 3 rings (SSSR count). The van der Waals surface area contributed by atoms with Crippen LogP contribution >= 0.6 is 0 Å². The van der Waals surface area contributed by atoms with Crippen LogP contribution in [0.5, 0.6) is 0 Å². The van der Waals surface area contributed by atoms with Crippen molar-refractivity contribution in [2.24, 2.45) is 23.2 Å². The van der Waals surface area contributed by atoms with Crippen molar-refractivity contribution in [2.45, 2.75) is 110 Å². The van der Waals surface area contributed by atoms with Gasteiger partial charge in [0.15, 0.2) is 0 Å². The minimum Gasteiger partial charge on any atom is -0.393 e. The van der Waals surface area contributed by atoms with Crippen molar-refractivity contribution in [3.8, 4) is 0 Å². The molecule has 3 aliphatic rings. The fraction of sp³-hybridized carbons (Fsp3) is 0.778. The number of rotatable bonds is 6. The Morgan fingerprint density at radius 1 is 1.23 bits per heavy atom. The molecule has 0 bridgehead atoms. The van der Waals surface area contributed by atoms with Gasteiger partial charge in [-0.2, -0.15) is 0 Å². The third kappa shape index (κ3) is 5.29. The second kappa shape index (κ2) is 9.30. The molecule has 30 heavy (non-hydrogen) atoms. The Morgan fingerprint density at radius 3 is 2.67 bits per heavy atom. The van der Waals surface area contributed by atoms with Crippen molar-refractivity contribution in [1.29, 1.82) is 0 Å². The molecular weight excluding hydrogens is 372 g/mol. The Balaban J connectivity index is 1.70. The number of hydrogen-bond donors (Lipinski definition) is 3. The SMILES string of the molecule is C=C1/C(=C\C=C2/CCC[C@@]3(C)[C@@H]([C@@H](C)CCCC(C)(C)O)CC[C@@H]23)C[C@@H](O)C[C@@H]1O. The van der Waals surface area contributed by atoms with Crippen molar-refractivity contribution >= 4 is 0 Å². The lowest BCUT2D eigenvalue weighted by Crippen LogP contribution is -2.36. The molecule has 0 aromatic rings. The van der Waals surface area contributed by atoms with E-state index in [1.165, 1.54) is 38.5 Å². The van der Waals surface area contributed by atoms with Crippen LogP contribution in [0.1, 0.15) is 91.9 Å². The molecule has 170 valence electrons. The predicted octanol–water partition coefficient (Wildman–Crippen LogP) is 5.70. The molecule has 0 aromatic heterocycles. The van der Waals surface area contributed by atoms with E-state index < -0.39 is 17.8 Å². The Kier molecular flexibility index (Phi) is 7.37. The van der Waals surface area contributed by atoms with Crippen LogP contribution in [0.15, 0.2) is 35.5 Å². The molecule has 3 aliphatic carbocycles. The molecule has 0 radical (unpaired) electrons. The van der Waals surface area contributed by atoms with Crippen molar-refractivity contribution in [3.05, 3.63) is 35.5 Å². The molecule has 0 aromatic carbocycles. The molecule has 3 saturated carbocycles. The molecule has 6 atom stereocenters. The lowest BCUT2D eigenvalue weighted by Gasteiger charge is -2.44. The van der Waals surface area contributed by atoms with Crippen molar-refractivity contribution < 1.29 is 15.3 Å². The summed E-state index contributed by atoms with van der Waals surface area (Å²) in [5, 5.41) is 30.2. The average Bonchev–Trinajstić information content (AvgIpc) is 3.00. The molecule has 0 spiro atoms. The van der Waals surface area contributed by atoms with E-state index in [4.69, 9.17) is 0 Å². The van der Waals surface area contributed by atoms with E-state index in [0.717, 1.165) is 29.9 Å². The van der Waals surface area contributed by atoms with Gasteiger partial charge < -0.3 is 15.3 Å². The lowest BCUT2D eigenvalue weighted by molar-refractivity contribution is 0.0596. The van der Waals surface area contributed by atoms with Crippen LogP contribution in [0.2, 0.25) is 0 Å². The molecule has 3 nitrogen and oxygen atoms in total. The Hall–Kier alpha value is -0.900. The molecule has 0 heterocycles. The van der Waals surface area contributed by atoms with Gasteiger partial charge in [-0.05, 0) is 93.1 Å². The highest BCUT2D eigenvalue weighted by Crippen LogP contribution is 2.60. The Bertz CT molecular complexity index is 683. The van der Waals surface area contributed by atoms with Gasteiger partial charge in [0.25, 0.3) is 0 Å². The quantitative estimate of drug-likeness (QED) is 0.520. The van der Waals surface area contributed by atoms with Gasteiger partial charge >= 0.3 is 0 Å². The van der Waals surface area contributed by atoms with Gasteiger partial charge in [-0.3, -0.25) is 0 Å². The van der Waals surface area contributed by atoms with Crippen LogP contribution in [-0.2, 0) is 0 Å². The molecule has 3 fully saturated rings. The molecule has 3 heteroatoms. The first-order valence-electron chi connectivity index (χ1n) is 12.2. The smallest absolute Gasteiger partial charge is 0.0811 e. The maximum Gasteiger partial charge on any atom is 0.0811 e. The summed E-state index contributed by atoms with van der Waals surface area (Å²) in [6.07, 6.45) is 13.9. The first kappa shape index (κ1) is 23.8. The number of allylic oxidation sites excluding steroid dienone is 3. The van der Waals surface area contributed by atoms with E-state index >= 15 is 0 Å². The molecule has 0 amide bonds. The summed E-state index contributed by atoms with van der Waals surface area (Å²) in [7, 11) is 0. The van der Waals surface area contributed by atoms with Crippen LogP contribution in [-0.4, -0.2) is 33.1 Å². The molecule has 0 saturated heterocycles. The lowest BCUT2D eigenvalue weighted by atomic mass is 9.60. The van der Waals surface area contributed by atoms with Crippen LogP contribution in [0, 0.1) is 23.2 Å². The molecule has 0 aliphatic heterocycles. The monoisotopic (exact) mass is 416 g/mol. The topological polar surface area (TPSA) is 60.7 Å². The summed E-state index contributed by atoms with van der Waals surface area (Å²) < 4.78 is 0. The molecule has 3 N–H and O–H groups in total. The largest absolute Gasteiger partial charge is 0.393 e. The summed E-state index contributed by atoms with van der Waals surface area (Å²) in [5.41, 5.74) is 3.17. The standard InChI is InChI=1S/C27H44O3/c1-18(8-6-14-26(3,4)30)23-12-13-24-20(9-7-15-27(23,24)5)10-11-21-16-22(28)17-25(29)19(21)2/h10-11,18,22-25,28-30H,2,6-9,12-17H2,1,3-5H3/b20-10+,21-11-/t18-,22+,23+,24-,25-,27-/m0/s1. The second-order valence-electron chi connectivity index (χ2n) is 11.3. The highest BCUT2D eigenvalue weighted by atomic mass is 16.3. The summed E-state index contributed by atoms with van der Waals surface area (Å²) >= 11 is 0. The summed E-state index contributed by atoms with van der Waals surface area (Å²) in [6.45, 7) is 12.8. The first-order chi connectivity index (χ1) is 14.0. The number of aliphatic hydroxyl groups excluding tert-OH is 2. The van der Waals surface area contributed by atoms with Gasteiger partial charge in [0.2, 0.25) is 0 Å². The van der Waals surface area contributed by atoms with E-state index in [9.17, 15) is 15.3 Å². The van der Waals surface area contributed by atoms with Crippen LogP contribution < -0.4 is 0 Å². The average molecular weight is 417 g/mol. The minimum absolute atomic E-state index is 0.374. The van der Waals surface area contributed by atoms with Crippen molar-refractivity contribution in [3.63, 3.8) is 0 Å². The van der Waals surface area contributed by atoms with E-state index in [1.807, 2.05) is 13.8 Å². The van der Waals surface area contributed by atoms with Gasteiger partial charge in [-0.15, -0.1) is 0 Å². The van der Waals surface area contributed by atoms with Crippen LogP contribution in [0.25, 0.3) is 0 Å². The fourth-order valence-electron chi connectivity index (χ4n) is 6.74. The Labute approximate surface area is 184 Å². The normalized spacial score (nSPS) is 38.8. The number of aliphatic hydroxyl groups is 3. The first-order valence-corrected chi connectivity index (χ1v) is 12.2. The van der Waals surface area contributed by atoms with Gasteiger partial charge in [-0.1, -0.05) is 51.0 Å². The number of hydrogen-bond acceptors (Lipinski definition) is 3. The number of fused-ring (bicyclic) bond motifs is 1. The third-order valence-corrected chi connectivity index (χ3v) is 8.44. The van der Waals surface area contributed by atoms with Gasteiger partial charge in [-0.25, -0.2) is 0 Å². The van der Waals surface area contributed by atoms with Crippen molar-refractivity contribution in [2.75, 3.05) is 0 Å². The zero-order valence-corrected chi connectivity index (χ0v) is 19.7. The zero-order chi connectivity index (χ0) is 22.1. The van der Waals surface area contributed by atoms with E-state index in [0.29, 0.717) is 30.1 Å². The summed E-state index contributed by atoms with van der Waals surface area (Å²) in [4.78, 5) is 0. The van der Waals surface area contributed by atoms with Crippen LogP contribution in [0.3, 0.4) is 0 Å². The zero-order valence-electron chi connectivity index (χ0n) is 19.7. The van der Waals surface area contributed by atoms with E-state index in [-0.39, 0.29) is 0 Å². The highest BCUT2D eigenvalue weighted by molar-refractivity contribution is 5.38. The predicted molar refractivity (Wildman–Crippen MR) is 124 cm³/mol. The van der Waals surface area contributed by atoms with Crippen LogP contribution in [0.4, 0.5) is 0 Å². The van der Waals surface area contributed by atoms with Gasteiger partial charge in [0.05, 0.1) is 17.8 Å². The highest BCUT2D eigenvalue weighted by Gasteiger charge is 2.50. The maximum absolute atomic E-state index is 10.1. The van der Waals surface area contributed by atoms with E-state index in [1.54, 1.807) is 5.57 Å². The second-order valence-corrected chi connectivity index (χ2v) is 11.3. The minimum atomic E-state index is -0.615. The fourth-order valence-corrected chi connectivity index (χ4v) is 6.74. The van der Waals surface area contributed by atoms with Crippen molar-refractivity contribution in [1.82, 2.24) is 0 Å². The summed E-state index contributed by atoms with van der Waals surface area (Å²) in [6, 6.07) is 0. The van der Waals surface area contributed by atoms with Gasteiger partial charge in [0.1, 0.15) is 0 Å². The molecule has 0 unspecified atom stereocenters. The van der Waals surface area contributed by atoms with E-state index in [2.05, 4.69) is 32.6 Å². The maximum atomic E-state index is 10.1. The Morgan fingerprint density at radius 2 is 1.97 bits per heavy atom. The molecular formula is C27H44O3.